The van der Waals surface area contributed by atoms with Crippen LogP contribution in [0.3, 0.4) is 0 Å². The third-order valence-corrected chi connectivity index (χ3v) is 2.66. The van der Waals surface area contributed by atoms with Crippen molar-refractivity contribution in [1.82, 2.24) is 5.32 Å². The first kappa shape index (κ1) is 8.44. The molecule has 0 spiro atoms. The molecule has 0 aromatic rings. The number of rotatable bonds is 1. The average molecular weight is 179 g/mol. The van der Waals surface area contributed by atoms with Crippen LogP contribution in [0.1, 0.15) is 6.42 Å². The fourth-order valence-corrected chi connectivity index (χ4v) is 1.84. The second-order valence-electron chi connectivity index (χ2n) is 3.52. The summed E-state index contributed by atoms with van der Waals surface area (Å²) < 4.78 is 0. The summed E-state index contributed by atoms with van der Waals surface area (Å²) in [4.78, 5) is 15.1. The van der Waals surface area contributed by atoms with Gasteiger partial charge in [-0.1, -0.05) is 0 Å². The number of piperidine rings is 1. The van der Waals surface area contributed by atoms with Crippen molar-refractivity contribution in [1.29, 1.82) is 0 Å². The second-order valence-corrected chi connectivity index (χ2v) is 3.52. The number of aliphatic imine (C=N–C) groups is 1. The number of nitrogens with one attached hydrogen (secondary N) is 1. The van der Waals surface area contributed by atoms with Crippen molar-refractivity contribution in [2.75, 3.05) is 13.1 Å². The Morgan fingerprint density at radius 3 is 3.31 bits per heavy atom. The quantitative estimate of drug-likeness (QED) is 0.567. The summed E-state index contributed by atoms with van der Waals surface area (Å²) in [7, 11) is 0. The van der Waals surface area contributed by atoms with Crippen molar-refractivity contribution in [3.63, 3.8) is 0 Å². The minimum Gasteiger partial charge on any atom is -0.368 e. The van der Waals surface area contributed by atoms with Crippen LogP contribution >= 0.6 is 0 Å². The molecule has 2 unspecified atom stereocenters. The molecule has 0 aliphatic carbocycles. The van der Waals surface area contributed by atoms with Crippen LogP contribution in [0.25, 0.3) is 0 Å². The molecule has 4 heteroatoms. The van der Waals surface area contributed by atoms with Crippen LogP contribution in [0.4, 0.5) is 0 Å². The van der Waals surface area contributed by atoms with Crippen LogP contribution in [0.2, 0.25) is 0 Å². The Morgan fingerprint density at radius 2 is 2.54 bits per heavy atom. The molecule has 0 aromatic heterocycles. The van der Waals surface area contributed by atoms with E-state index in [-0.39, 0.29) is 11.9 Å². The molecular formula is C9H13N3O. The SMILES string of the molecule is NC(=O)C1CC2CN=CC=C2CN1. The van der Waals surface area contributed by atoms with Crippen LogP contribution in [0.15, 0.2) is 16.6 Å². The van der Waals surface area contributed by atoms with Gasteiger partial charge in [0.25, 0.3) is 0 Å². The highest BCUT2D eigenvalue weighted by atomic mass is 16.1. The summed E-state index contributed by atoms with van der Waals surface area (Å²) in [5.41, 5.74) is 6.57. The standard InChI is InChI=1S/C9H13N3O/c10-9(13)8-3-7-4-11-2-1-6(7)5-12-8/h1-2,7-8,12H,3-5H2,(H2,10,13). The number of allylic oxidation sites excluding steroid dienone is 1. The minimum absolute atomic E-state index is 0.171. The van der Waals surface area contributed by atoms with E-state index in [2.05, 4.69) is 10.3 Å². The summed E-state index contributed by atoms with van der Waals surface area (Å²) in [5, 5.41) is 3.11. The zero-order chi connectivity index (χ0) is 9.26. The molecule has 3 N–H and O–H groups in total. The lowest BCUT2D eigenvalue weighted by Gasteiger charge is -2.31. The number of hydrogen-bond acceptors (Lipinski definition) is 3. The molecule has 1 amide bonds. The molecule has 2 heterocycles. The maximum Gasteiger partial charge on any atom is 0.234 e. The van der Waals surface area contributed by atoms with Crippen LogP contribution in [0.5, 0.6) is 0 Å². The van der Waals surface area contributed by atoms with E-state index in [0.29, 0.717) is 5.92 Å². The Balaban J connectivity index is 2.07. The molecule has 2 aliphatic rings. The molecule has 70 valence electrons. The zero-order valence-electron chi connectivity index (χ0n) is 7.36. The average Bonchev–Trinajstić information content (AvgIpc) is 2.17. The largest absolute Gasteiger partial charge is 0.368 e. The number of carbonyl (C=O) groups is 1. The van der Waals surface area contributed by atoms with Gasteiger partial charge in [-0.25, -0.2) is 0 Å². The lowest BCUT2D eigenvalue weighted by atomic mass is 9.86. The van der Waals surface area contributed by atoms with Crippen molar-refractivity contribution in [2.24, 2.45) is 16.6 Å². The van der Waals surface area contributed by atoms with Crippen molar-refractivity contribution >= 4 is 12.1 Å². The molecule has 2 atom stereocenters. The van der Waals surface area contributed by atoms with E-state index in [4.69, 9.17) is 5.73 Å². The first-order chi connectivity index (χ1) is 6.27. The highest BCUT2D eigenvalue weighted by Crippen LogP contribution is 2.23. The highest BCUT2D eigenvalue weighted by molar-refractivity contribution is 5.80. The van der Waals surface area contributed by atoms with Crippen LogP contribution < -0.4 is 11.1 Å². The van der Waals surface area contributed by atoms with E-state index in [1.54, 1.807) is 0 Å². The van der Waals surface area contributed by atoms with Crippen LogP contribution in [-0.4, -0.2) is 31.3 Å². The molecule has 13 heavy (non-hydrogen) atoms. The molecule has 2 rings (SSSR count). The zero-order valence-corrected chi connectivity index (χ0v) is 7.36. The summed E-state index contributed by atoms with van der Waals surface area (Å²) >= 11 is 0. The van der Waals surface area contributed by atoms with Gasteiger partial charge in [0.05, 0.1) is 6.04 Å². The predicted molar refractivity (Wildman–Crippen MR) is 50.5 cm³/mol. The Morgan fingerprint density at radius 1 is 1.69 bits per heavy atom. The molecule has 1 saturated heterocycles. The van der Waals surface area contributed by atoms with Gasteiger partial charge >= 0.3 is 0 Å². The lowest BCUT2D eigenvalue weighted by Crippen LogP contribution is -2.48. The normalized spacial score (nSPS) is 32.2. The summed E-state index contributed by atoms with van der Waals surface area (Å²) in [6.45, 7) is 1.57. The minimum atomic E-state index is -0.256. The number of fused-ring (bicyclic) bond motifs is 1. The molecule has 1 fully saturated rings. The maximum absolute atomic E-state index is 10.9. The van der Waals surface area contributed by atoms with Crippen LogP contribution in [-0.2, 0) is 4.79 Å². The van der Waals surface area contributed by atoms with Gasteiger partial charge < -0.3 is 11.1 Å². The molecular weight excluding hydrogens is 166 g/mol. The van der Waals surface area contributed by atoms with E-state index in [9.17, 15) is 4.79 Å². The van der Waals surface area contributed by atoms with E-state index >= 15 is 0 Å². The molecule has 4 nitrogen and oxygen atoms in total. The predicted octanol–water partition coefficient (Wildman–Crippen LogP) is -0.539. The Hall–Kier alpha value is -1.16. The number of primary amides is 1. The van der Waals surface area contributed by atoms with Crippen molar-refractivity contribution < 1.29 is 4.79 Å². The van der Waals surface area contributed by atoms with Gasteiger partial charge in [0.2, 0.25) is 5.91 Å². The van der Waals surface area contributed by atoms with Crippen LogP contribution in [0, 0.1) is 5.92 Å². The molecule has 0 aromatic carbocycles. The number of dihydropyridines is 1. The Labute approximate surface area is 76.9 Å². The van der Waals surface area contributed by atoms with Gasteiger partial charge in [0.15, 0.2) is 0 Å². The van der Waals surface area contributed by atoms with Crippen molar-refractivity contribution in [3.05, 3.63) is 11.6 Å². The highest BCUT2D eigenvalue weighted by Gasteiger charge is 2.28. The smallest absolute Gasteiger partial charge is 0.234 e. The third kappa shape index (κ3) is 1.62. The first-order valence-corrected chi connectivity index (χ1v) is 4.49. The van der Waals surface area contributed by atoms with Gasteiger partial charge in [-0.05, 0) is 18.1 Å². The topological polar surface area (TPSA) is 67.5 Å². The Kier molecular flexibility index (Phi) is 2.14. The number of nitrogens with two attached hydrogens (primary N) is 1. The fraction of sp³-hybridized carbons (Fsp3) is 0.556. The summed E-state index contributed by atoms with van der Waals surface area (Å²) in [5.74, 6) is 0.164. The monoisotopic (exact) mass is 179 g/mol. The van der Waals surface area contributed by atoms with E-state index in [1.165, 1.54) is 5.57 Å². The number of amides is 1. The second kappa shape index (κ2) is 3.30. The van der Waals surface area contributed by atoms with E-state index in [0.717, 1.165) is 19.5 Å². The molecule has 0 radical (unpaired) electrons. The van der Waals surface area contributed by atoms with E-state index < -0.39 is 0 Å². The van der Waals surface area contributed by atoms with Gasteiger partial charge in [-0.3, -0.25) is 9.79 Å². The summed E-state index contributed by atoms with van der Waals surface area (Å²) in [6.07, 6.45) is 4.65. The first-order valence-electron chi connectivity index (χ1n) is 4.49. The molecule has 2 aliphatic heterocycles. The summed E-state index contributed by atoms with van der Waals surface area (Å²) in [6, 6.07) is -0.171. The van der Waals surface area contributed by atoms with Crippen molar-refractivity contribution in [3.8, 4) is 0 Å². The van der Waals surface area contributed by atoms with E-state index in [1.807, 2.05) is 12.3 Å². The van der Waals surface area contributed by atoms with Gasteiger partial charge in [0.1, 0.15) is 0 Å². The van der Waals surface area contributed by atoms with Gasteiger partial charge in [0, 0.05) is 25.2 Å². The lowest BCUT2D eigenvalue weighted by molar-refractivity contribution is -0.120. The number of hydrogen-bond donors (Lipinski definition) is 2. The van der Waals surface area contributed by atoms with Crippen molar-refractivity contribution in [2.45, 2.75) is 12.5 Å². The maximum atomic E-state index is 10.9. The molecule has 0 saturated carbocycles. The number of carbonyl (C=O) groups excluding carboxylic acids is 1. The third-order valence-electron chi connectivity index (χ3n) is 2.66. The fourth-order valence-electron chi connectivity index (χ4n) is 1.84. The van der Waals surface area contributed by atoms with Gasteiger partial charge in [-0.2, -0.15) is 0 Å². The van der Waals surface area contributed by atoms with Gasteiger partial charge in [-0.15, -0.1) is 0 Å². The number of nitrogens with zero attached hydrogens (tertiary/aromatic N) is 1. The molecule has 0 bridgehead atoms. The Bertz CT molecular complexity index is 283.